The normalized spacial score (nSPS) is 20.1. The van der Waals surface area contributed by atoms with Crippen LogP contribution < -0.4 is 0 Å². The van der Waals surface area contributed by atoms with Gasteiger partial charge in [-0.1, -0.05) is 22.4 Å². The highest BCUT2D eigenvalue weighted by atomic mass is 79.9. The Balaban J connectivity index is 1.98. The lowest BCUT2D eigenvalue weighted by atomic mass is 10.2. The summed E-state index contributed by atoms with van der Waals surface area (Å²) < 4.78 is 5.40. The molecule has 0 aromatic carbocycles. The van der Waals surface area contributed by atoms with E-state index in [2.05, 4.69) is 20.8 Å². The molecule has 78 valence electrons. The molecule has 1 aliphatic heterocycles. The Labute approximate surface area is 89.8 Å². The van der Waals surface area contributed by atoms with Crippen LogP contribution in [0.15, 0.2) is 0 Å². The Bertz CT molecular complexity index is 113. The van der Waals surface area contributed by atoms with Crippen molar-refractivity contribution in [1.29, 1.82) is 0 Å². The van der Waals surface area contributed by atoms with Gasteiger partial charge in [-0.3, -0.25) is 0 Å². The third kappa shape index (κ3) is 5.66. The third-order valence-electron chi connectivity index (χ3n) is 2.42. The summed E-state index contributed by atoms with van der Waals surface area (Å²) in [6.07, 6.45) is 5.21. The minimum atomic E-state index is 0.929. The third-order valence-corrected chi connectivity index (χ3v) is 2.98. The zero-order valence-electron chi connectivity index (χ0n) is 8.30. The lowest BCUT2D eigenvalue weighted by Gasteiger charge is -2.18. The number of hydrogen-bond donors (Lipinski definition) is 0. The van der Waals surface area contributed by atoms with Gasteiger partial charge in [-0.2, -0.15) is 0 Å². The van der Waals surface area contributed by atoms with Crippen molar-refractivity contribution in [1.82, 2.24) is 4.90 Å². The maximum atomic E-state index is 5.40. The maximum Gasteiger partial charge on any atom is 0.0593 e. The van der Waals surface area contributed by atoms with Gasteiger partial charge in [0.15, 0.2) is 0 Å². The van der Waals surface area contributed by atoms with Crippen LogP contribution in [0.25, 0.3) is 0 Å². The van der Waals surface area contributed by atoms with Crippen molar-refractivity contribution in [3.05, 3.63) is 0 Å². The zero-order chi connectivity index (χ0) is 9.36. The molecule has 1 aliphatic rings. The zero-order valence-corrected chi connectivity index (χ0v) is 9.89. The Morgan fingerprint density at radius 1 is 1.08 bits per heavy atom. The van der Waals surface area contributed by atoms with E-state index >= 15 is 0 Å². The molecule has 2 nitrogen and oxygen atoms in total. The molecular formula is C10H20BrNO. The molecule has 0 amide bonds. The van der Waals surface area contributed by atoms with Crippen molar-refractivity contribution < 1.29 is 4.74 Å². The molecule has 0 unspecified atom stereocenters. The Kier molecular flexibility index (Phi) is 6.86. The number of ether oxygens (including phenoxy) is 1. The van der Waals surface area contributed by atoms with Crippen LogP contribution in [-0.4, -0.2) is 43.1 Å². The molecule has 0 atom stereocenters. The predicted octanol–water partition coefficient (Wildman–Crippen LogP) is 2.27. The number of halogens is 1. The standard InChI is InChI=1S/C10H20BrNO/c11-5-2-1-3-6-12-7-4-9-13-10-8-12/h1-10H2. The summed E-state index contributed by atoms with van der Waals surface area (Å²) >= 11 is 3.45. The van der Waals surface area contributed by atoms with Crippen LogP contribution in [0.2, 0.25) is 0 Å². The van der Waals surface area contributed by atoms with E-state index in [1.54, 1.807) is 0 Å². The topological polar surface area (TPSA) is 12.5 Å². The van der Waals surface area contributed by atoms with Gasteiger partial charge in [-0.15, -0.1) is 0 Å². The summed E-state index contributed by atoms with van der Waals surface area (Å²) in [7, 11) is 0. The smallest absolute Gasteiger partial charge is 0.0593 e. The molecule has 1 saturated heterocycles. The molecule has 1 fully saturated rings. The fourth-order valence-electron chi connectivity index (χ4n) is 1.63. The minimum absolute atomic E-state index is 0.929. The number of nitrogens with zero attached hydrogens (tertiary/aromatic N) is 1. The van der Waals surface area contributed by atoms with E-state index in [-0.39, 0.29) is 0 Å². The molecular weight excluding hydrogens is 230 g/mol. The Morgan fingerprint density at radius 2 is 2.00 bits per heavy atom. The van der Waals surface area contributed by atoms with Gasteiger partial charge in [0.05, 0.1) is 6.61 Å². The molecule has 1 rings (SSSR count). The highest BCUT2D eigenvalue weighted by Crippen LogP contribution is 2.04. The van der Waals surface area contributed by atoms with Gasteiger partial charge in [-0.05, 0) is 25.8 Å². The van der Waals surface area contributed by atoms with Gasteiger partial charge in [0.1, 0.15) is 0 Å². The van der Waals surface area contributed by atoms with Crippen molar-refractivity contribution in [2.75, 3.05) is 38.2 Å². The van der Waals surface area contributed by atoms with Crippen LogP contribution in [0.4, 0.5) is 0 Å². The van der Waals surface area contributed by atoms with Gasteiger partial charge >= 0.3 is 0 Å². The fourth-order valence-corrected chi connectivity index (χ4v) is 2.02. The van der Waals surface area contributed by atoms with E-state index in [4.69, 9.17) is 4.74 Å². The van der Waals surface area contributed by atoms with Crippen molar-refractivity contribution >= 4 is 15.9 Å². The molecule has 0 N–H and O–H groups in total. The van der Waals surface area contributed by atoms with Crippen LogP contribution in [0, 0.1) is 0 Å². The molecule has 0 aromatic heterocycles. The average molecular weight is 250 g/mol. The van der Waals surface area contributed by atoms with Crippen molar-refractivity contribution in [3.8, 4) is 0 Å². The summed E-state index contributed by atoms with van der Waals surface area (Å²) in [5, 5.41) is 1.15. The molecule has 0 spiro atoms. The van der Waals surface area contributed by atoms with Gasteiger partial charge in [0.2, 0.25) is 0 Å². The van der Waals surface area contributed by atoms with E-state index < -0.39 is 0 Å². The molecule has 0 aromatic rings. The summed E-state index contributed by atoms with van der Waals surface area (Å²) in [4.78, 5) is 2.53. The van der Waals surface area contributed by atoms with Crippen LogP contribution in [0.5, 0.6) is 0 Å². The first-order valence-electron chi connectivity index (χ1n) is 5.29. The molecule has 0 aliphatic carbocycles. The molecule has 1 heterocycles. The van der Waals surface area contributed by atoms with Gasteiger partial charge in [0.25, 0.3) is 0 Å². The van der Waals surface area contributed by atoms with Crippen molar-refractivity contribution in [2.45, 2.75) is 25.7 Å². The second-order valence-electron chi connectivity index (χ2n) is 3.56. The number of hydrogen-bond acceptors (Lipinski definition) is 2. The SMILES string of the molecule is BrCCCCCN1CCCOCC1. The average Bonchev–Trinajstić information content (AvgIpc) is 2.41. The molecule has 3 heteroatoms. The van der Waals surface area contributed by atoms with Crippen LogP contribution in [0.3, 0.4) is 0 Å². The second kappa shape index (κ2) is 7.77. The van der Waals surface area contributed by atoms with E-state index in [0.717, 1.165) is 25.1 Å². The van der Waals surface area contributed by atoms with Gasteiger partial charge < -0.3 is 9.64 Å². The largest absolute Gasteiger partial charge is 0.380 e. The molecule has 0 bridgehead atoms. The second-order valence-corrected chi connectivity index (χ2v) is 4.35. The van der Waals surface area contributed by atoms with Crippen molar-refractivity contribution in [2.24, 2.45) is 0 Å². The van der Waals surface area contributed by atoms with E-state index in [1.165, 1.54) is 38.8 Å². The van der Waals surface area contributed by atoms with Crippen LogP contribution in [-0.2, 0) is 4.74 Å². The lowest BCUT2D eigenvalue weighted by molar-refractivity contribution is 0.141. The van der Waals surface area contributed by atoms with Crippen LogP contribution >= 0.6 is 15.9 Å². The first-order valence-corrected chi connectivity index (χ1v) is 6.41. The van der Waals surface area contributed by atoms with Crippen molar-refractivity contribution in [3.63, 3.8) is 0 Å². The fraction of sp³-hybridized carbons (Fsp3) is 1.00. The van der Waals surface area contributed by atoms with E-state index in [9.17, 15) is 0 Å². The quantitative estimate of drug-likeness (QED) is 0.548. The minimum Gasteiger partial charge on any atom is -0.380 e. The molecule has 0 radical (unpaired) electrons. The predicted molar refractivity (Wildman–Crippen MR) is 59.5 cm³/mol. The Hall–Kier alpha value is 0.400. The first-order chi connectivity index (χ1) is 6.43. The van der Waals surface area contributed by atoms with E-state index in [1.807, 2.05) is 0 Å². The summed E-state index contributed by atoms with van der Waals surface area (Å²) in [6.45, 7) is 5.51. The Morgan fingerprint density at radius 3 is 2.85 bits per heavy atom. The first kappa shape index (κ1) is 11.5. The molecule has 13 heavy (non-hydrogen) atoms. The monoisotopic (exact) mass is 249 g/mol. The number of unbranched alkanes of at least 4 members (excludes halogenated alkanes) is 2. The highest BCUT2D eigenvalue weighted by molar-refractivity contribution is 9.09. The van der Waals surface area contributed by atoms with Gasteiger partial charge in [-0.25, -0.2) is 0 Å². The maximum absolute atomic E-state index is 5.40. The lowest BCUT2D eigenvalue weighted by Crippen LogP contribution is -2.27. The van der Waals surface area contributed by atoms with Gasteiger partial charge in [0, 0.05) is 25.0 Å². The number of alkyl halides is 1. The summed E-state index contributed by atoms with van der Waals surface area (Å²) in [6, 6.07) is 0. The summed E-state index contributed by atoms with van der Waals surface area (Å²) in [5.41, 5.74) is 0. The van der Waals surface area contributed by atoms with E-state index in [0.29, 0.717) is 0 Å². The van der Waals surface area contributed by atoms with Crippen LogP contribution in [0.1, 0.15) is 25.7 Å². The highest BCUT2D eigenvalue weighted by Gasteiger charge is 2.07. The molecule has 0 saturated carbocycles. The summed E-state index contributed by atoms with van der Waals surface area (Å²) in [5.74, 6) is 0. The number of rotatable bonds is 5.